The smallest absolute Gasteiger partial charge is 0.306 e. The molecule has 1 heterocycles. The molecular weight excluding hydrogens is 308 g/mol. The van der Waals surface area contributed by atoms with E-state index in [9.17, 15) is 14.4 Å². The van der Waals surface area contributed by atoms with Crippen LogP contribution in [0.2, 0.25) is 0 Å². The van der Waals surface area contributed by atoms with Crippen LogP contribution in [0.4, 0.5) is 0 Å². The van der Waals surface area contributed by atoms with E-state index in [1.807, 2.05) is 39.0 Å². The molecule has 2 amide bonds. The van der Waals surface area contributed by atoms with E-state index in [-0.39, 0.29) is 11.8 Å². The predicted molar refractivity (Wildman–Crippen MR) is 91.9 cm³/mol. The lowest BCUT2D eigenvalue weighted by Gasteiger charge is -2.26. The van der Waals surface area contributed by atoms with E-state index < -0.39 is 5.97 Å². The van der Waals surface area contributed by atoms with Crippen LogP contribution in [0.25, 0.3) is 0 Å². The number of benzene rings is 1. The number of amides is 2. The minimum absolute atomic E-state index is 0.00519. The van der Waals surface area contributed by atoms with E-state index in [1.165, 1.54) is 5.56 Å². The van der Waals surface area contributed by atoms with Crippen molar-refractivity contribution in [3.63, 3.8) is 0 Å². The molecule has 0 aliphatic carbocycles. The van der Waals surface area contributed by atoms with Gasteiger partial charge >= 0.3 is 5.97 Å². The van der Waals surface area contributed by atoms with E-state index in [2.05, 4.69) is 5.32 Å². The van der Waals surface area contributed by atoms with Crippen LogP contribution in [0.5, 0.6) is 0 Å². The van der Waals surface area contributed by atoms with Gasteiger partial charge in [-0.05, 0) is 56.9 Å². The topological polar surface area (TPSA) is 86.7 Å². The van der Waals surface area contributed by atoms with E-state index >= 15 is 0 Å². The van der Waals surface area contributed by atoms with E-state index in [1.54, 1.807) is 4.90 Å². The van der Waals surface area contributed by atoms with Gasteiger partial charge in [-0.25, -0.2) is 0 Å². The lowest BCUT2D eigenvalue weighted by molar-refractivity contribution is -0.144. The molecule has 0 saturated carbocycles. The minimum atomic E-state index is -0.740. The number of aliphatic carboxylic acids is 1. The third kappa shape index (κ3) is 6.02. The molecule has 6 heteroatoms. The number of nitrogens with zero attached hydrogens (tertiary/aromatic N) is 1. The van der Waals surface area contributed by atoms with E-state index in [0.717, 1.165) is 17.5 Å². The number of aryl methyl sites for hydroxylation is 2. The Bertz CT molecular complexity index is 578. The van der Waals surface area contributed by atoms with Gasteiger partial charge in [-0.1, -0.05) is 6.07 Å². The number of hydrogen-bond donors (Lipinski definition) is 2. The van der Waals surface area contributed by atoms with Gasteiger partial charge in [0.2, 0.25) is 6.41 Å². The van der Waals surface area contributed by atoms with Crippen LogP contribution in [0.15, 0.2) is 18.2 Å². The highest BCUT2D eigenvalue weighted by atomic mass is 16.4. The molecule has 1 aromatic rings. The Balaban J connectivity index is 0.000000243. The van der Waals surface area contributed by atoms with Crippen molar-refractivity contribution in [2.45, 2.75) is 33.6 Å². The van der Waals surface area contributed by atoms with Crippen LogP contribution in [-0.2, 0) is 9.59 Å². The van der Waals surface area contributed by atoms with E-state index in [4.69, 9.17) is 5.11 Å². The molecule has 0 unspecified atom stereocenters. The Hall–Kier alpha value is -2.37. The van der Waals surface area contributed by atoms with Crippen molar-refractivity contribution in [1.29, 1.82) is 0 Å². The summed E-state index contributed by atoms with van der Waals surface area (Å²) in [6.07, 6.45) is 1.96. The second kappa shape index (κ2) is 9.70. The fourth-order valence-corrected chi connectivity index (χ4v) is 2.40. The first-order chi connectivity index (χ1) is 11.4. The van der Waals surface area contributed by atoms with Crippen LogP contribution < -0.4 is 5.32 Å². The second-order valence-electron chi connectivity index (χ2n) is 5.91. The fourth-order valence-electron chi connectivity index (χ4n) is 2.40. The summed E-state index contributed by atoms with van der Waals surface area (Å²) in [6.45, 7) is 7.81. The zero-order chi connectivity index (χ0) is 18.1. The fraction of sp³-hybridized carbons (Fsp3) is 0.500. The molecule has 1 aliphatic rings. The minimum Gasteiger partial charge on any atom is -0.481 e. The first-order valence-electron chi connectivity index (χ1n) is 8.16. The highest BCUT2D eigenvalue weighted by molar-refractivity contribution is 5.94. The van der Waals surface area contributed by atoms with Gasteiger partial charge in [0.15, 0.2) is 0 Å². The number of nitrogens with one attached hydrogen (secondary N) is 1. The molecule has 1 fully saturated rings. The standard InChI is InChI=1S/C11H15NO.C7H11NO3/c1-4-12-11(13)10-6-5-8(2)9(3)7-10;9-5-8-3-1-6(2-4-8)7(10)11/h5-7H,4H2,1-3H3,(H,12,13);5-6H,1-4H2,(H,10,11). The summed E-state index contributed by atoms with van der Waals surface area (Å²) in [5.74, 6) is -0.979. The lowest BCUT2D eigenvalue weighted by Crippen LogP contribution is -2.35. The Morgan fingerprint density at radius 1 is 1.25 bits per heavy atom. The second-order valence-corrected chi connectivity index (χ2v) is 5.91. The van der Waals surface area contributed by atoms with Gasteiger partial charge in [0, 0.05) is 25.2 Å². The van der Waals surface area contributed by atoms with Gasteiger partial charge in [0.1, 0.15) is 0 Å². The van der Waals surface area contributed by atoms with Crippen LogP contribution in [0, 0.1) is 19.8 Å². The summed E-state index contributed by atoms with van der Waals surface area (Å²) in [7, 11) is 0. The normalized spacial score (nSPS) is 14.4. The summed E-state index contributed by atoms with van der Waals surface area (Å²) in [5, 5.41) is 11.4. The Morgan fingerprint density at radius 2 is 1.88 bits per heavy atom. The van der Waals surface area contributed by atoms with Gasteiger partial charge < -0.3 is 15.3 Å². The van der Waals surface area contributed by atoms with Gasteiger partial charge in [-0.2, -0.15) is 0 Å². The molecule has 0 radical (unpaired) electrons. The summed E-state index contributed by atoms with van der Waals surface area (Å²) in [5.41, 5.74) is 3.11. The van der Waals surface area contributed by atoms with Gasteiger partial charge in [-0.3, -0.25) is 14.4 Å². The maximum absolute atomic E-state index is 11.4. The summed E-state index contributed by atoms with van der Waals surface area (Å²) >= 11 is 0. The van der Waals surface area contributed by atoms with Crippen molar-refractivity contribution in [3.8, 4) is 0 Å². The number of carboxylic acid groups (broad SMARTS) is 1. The van der Waals surface area contributed by atoms with Crippen LogP contribution >= 0.6 is 0 Å². The van der Waals surface area contributed by atoms with E-state index in [0.29, 0.717) is 32.5 Å². The highest BCUT2D eigenvalue weighted by Crippen LogP contribution is 2.15. The monoisotopic (exact) mass is 334 g/mol. The third-order valence-corrected chi connectivity index (χ3v) is 4.13. The molecule has 132 valence electrons. The molecule has 1 aromatic carbocycles. The number of carbonyl (C=O) groups excluding carboxylic acids is 2. The molecule has 1 saturated heterocycles. The average molecular weight is 334 g/mol. The van der Waals surface area contributed by atoms with Gasteiger partial charge in [0.25, 0.3) is 5.91 Å². The molecule has 0 bridgehead atoms. The SMILES string of the molecule is CCNC(=O)c1ccc(C)c(C)c1.O=CN1CCC(C(=O)O)CC1. The molecule has 6 nitrogen and oxygen atoms in total. The molecular formula is C18H26N2O4. The molecule has 0 atom stereocenters. The number of piperidine rings is 1. The average Bonchev–Trinajstić information content (AvgIpc) is 2.58. The number of rotatable bonds is 4. The van der Waals surface area contributed by atoms with Crippen molar-refractivity contribution in [2.75, 3.05) is 19.6 Å². The Labute approximate surface area is 142 Å². The first-order valence-corrected chi connectivity index (χ1v) is 8.16. The predicted octanol–water partition coefficient (Wildman–Crippen LogP) is 1.99. The number of carbonyl (C=O) groups is 3. The van der Waals surface area contributed by atoms with Crippen molar-refractivity contribution < 1.29 is 19.5 Å². The summed E-state index contributed by atoms with van der Waals surface area (Å²) in [4.78, 5) is 33.7. The molecule has 1 aliphatic heterocycles. The maximum Gasteiger partial charge on any atom is 0.306 e. The largest absolute Gasteiger partial charge is 0.481 e. The third-order valence-electron chi connectivity index (χ3n) is 4.13. The van der Waals surface area contributed by atoms with Gasteiger partial charge in [-0.15, -0.1) is 0 Å². The van der Waals surface area contributed by atoms with Crippen LogP contribution in [0.1, 0.15) is 41.3 Å². The highest BCUT2D eigenvalue weighted by Gasteiger charge is 2.23. The molecule has 2 rings (SSSR count). The van der Waals surface area contributed by atoms with Crippen LogP contribution in [0.3, 0.4) is 0 Å². The molecule has 0 spiro atoms. The Kier molecular flexibility index (Phi) is 7.95. The summed E-state index contributed by atoms with van der Waals surface area (Å²) in [6, 6.07) is 5.74. The maximum atomic E-state index is 11.4. The van der Waals surface area contributed by atoms with Crippen molar-refractivity contribution in [2.24, 2.45) is 5.92 Å². The zero-order valence-electron chi connectivity index (χ0n) is 14.5. The van der Waals surface area contributed by atoms with Crippen molar-refractivity contribution >= 4 is 18.3 Å². The zero-order valence-corrected chi connectivity index (χ0v) is 14.5. The van der Waals surface area contributed by atoms with Gasteiger partial charge in [0.05, 0.1) is 5.92 Å². The van der Waals surface area contributed by atoms with Crippen LogP contribution in [-0.4, -0.2) is 47.9 Å². The lowest BCUT2D eigenvalue weighted by atomic mass is 9.98. The molecule has 24 heavy (non-hydrogen) atoms. The molecule has 2 N–H and O–H groups in total. The Morgan fingerprint density at radius 3 is 2.33 bits per heavy atom. The first kappa shape index (κ1) is 19.7. The number of carboxylic acids is 1. The number of hydrogen-bond acceptors (Lipinski definition) is 3. The molecule has 0 aromatic heterocycles. The summed E-state index contributed by atoms with van der Waals surface area (Å²) < 4.78 is 0. The number of likely N-dealkylation sites (tertiary alicyclic amines) is 1. The van der Waals surface area contributed by atoms with Crippen molar-refractivity contribution in [3.05, 3.63) is 34.9 Å². The quantitative estimate of drug-likeness (QED) is 0.825. The van der Waals surface area contributed by atoms with Crippen molar-refractivity contribution in [1.82, 2.24) is 10.2 Å².